The minimum Gasteiger partial charge on any atom is -0.495 e. The number of hydrogen-bond donors (Lipinski definition) is 1. The Kier molecular flexibility index (Phi) is 5.72. The van der Waals surface area contributed by atoms with Crippen molar-refractivity contribution in [1.29, 1.82) is 0 Å². The van der Waals surface area contributed by atoms with E-state index in [2.05, 4.69) is 5.32 Å². The molecule has 0 aliphatic rings. The topological polar surface area (TPSA) is 56.8 Å². The van der Waals surface area contributed by atoms with Crippen LogP contribution in [-0.4, -0.2) is 26.7 Å². The van der Waals surface area contributed by atoms with Crippen LogP contribution in [0.15, 0.2) is 48.5 Å². The molecule has 0 aliphatic carbocycles. The second-order valence-corrected chi connectivity index (χ2v) is 6.14. The molecule has 0 bridgehead atoms. The van der Waals surface area contributed by atoms with E-state index in [0.29, 0.717) is 40.1 Å². The van der Waals surface area contributed by atoms with Crippen molar-refractivity contribution < 1.29 is 19.0 Å². The lowest BCUT2D eigenvalue weighted by atomic mass is 10.0. The Balaban J connectivity index is 2.07. The minimum absolute atomic E-state index is 0.310. The summed E-state index contributed by atoms with van der Waals surface area (Å²) in [5, 5.41) is 5.00. The number of amides is 1. The van der Waals surface area contributed by atoms with Crippen LogP contribution in [0, 0.1) is 0 Å². The number of benzene rings is 3. The fraction of sp³-hybridized carbons (Fsp3) is 0.190. The maximum atomic E-state index is 13.1. The lowest BCUT2D eigenvalue weighted by Gasteiger charge is -2.16. The number of halogens is 1. The maximum Gasteiger partial charge on any atom is 0.260 e. The van der Waals surface area contributed by atoms with Gasteiger partial charge in [-0.05, 0) is 29.8 Å². The zero-order valence-corrected chi connectivity index (χ0v) is 16.1. The summed E-state index contributed by atoms with van der Waals surface area (Å²) in [6.45, 7) is 2.33. The molecule has 3 aromatic carbocycles. The van der Waals surface area contributed by atoms with Gasteiger partial charge >= 0.3 is 0 Å². The molecule has 3 aromatic rings. The van der Waals surface area contributed by atoms with Gasteiger partial charge in [-0.2, -0.15) is 0 Å². The summed E-state index contributed by atoms with van der Waals surface area (Å²) in [5.41, 5.74) is 0.910. The van der Waals surface area contributed by atoms with Crippen molar-refractivity contribution in [2.45, 2.75) is 6.92 Å². The molecule has 0 radical (unpaired) electrons. The first kappa shape index (κ1) is 18.9. The Bertz CT molecular complexity index is 987. The highest BCUT2D eigenvalue weighted by molar-refractivity contribution is 6.32. The van der Waals surface area contributed by atoms with E-state index in [-0.39, 0.29) is 5.91 Å². The first-order valence-corrected chi connectivity index (χ1v) is 8.84. The van der Waals surface area contributed by atoms with Crippen molar-refractivity contribution in [3.63, 3.8) is 0 Å². The van der Waals surface area contributed by atoms with Crippen LogP contribution in [0.5, 0.6) is 17.2 Å². The largest absolute Gasteiger partial charge is 0.495 e. The molecule has 0 saturated heterocycles. The zero-order chi connectivity index (χ0) is 19.4. The predicted octanol–water partition coefficient (Wildman–Crippen LogP) is 5.16. The molecule has 1 N–H and O–H groups in total. The number of carbonyl (C=O) groups is 1. The first-order valence-electron chi connectivity index (χ1n) is 8.46. The van der Waals surface area contributed by atoms with E-state index < -0.39 is 0 Å². The average molecular weight is 386 g/mol. The van der Waals surface area contributed by atoms with Gasteiger partial charge in [-0.15, -0.1) is 0 Å². The Hall–Kier alpha value is -2.92. The van der Waals surface area contributed by atoms with Crippen LogP contribution in [0.3, 0.4) is 0 Å². The van der Waals surface area contributed by atoms with Crippen molar-refractivity contribution in [3.8, 4) is 17.2 Å². The predicted molar refractivity (Wildman–Crippen MR) is 108 cm³/mol. The Labute approximate surface area is 162 Å². The molecule has 140 valence electrons. The number of nitrogens with one attached hydrogen (secondary N) is 1. The van der Waals surface area contributed by atoms with Crippen LogP contribution in [0.4, 0.5) is 5.69 Å². The molecule has 0 unspecified atom stereocenters. The molecule has 0 aromatic heterocycles. The third-order valence-corrected chi connectivity index (χ3v) is 4.44. The van der Waals surface area contributed by atoms with Crippen molar-refractivity contribution in [3.05, 3.63) is 59.1 Å². The second-order valence-electron chi connectivity index (χ2n) is 5.73. The third kappa shape index (κ3) is 3.78. The molecule has 0 aliphatic heterocycles. The Morgan fingerprint density at radius 3 is 2.44 bits per heavy atom. The first-order chi connectivity index (χ1) is 13.1. The number of carbonyl (C=O) groups excluding carboxylic acids is 1. The highest BCUT2D eigenvalue weighted by Crippen LogP contribution is 2.37. The van der Waals surface area contributed by atoms with E-state index in [0.717, 1.165) is 10.8 Å². The van der Waals surface area contributed by atoms with Gasteiger partial charge in [-0.1, -0.05) is 41.9 Å². The quantitative estimate of drug-likeness (QED) is 0.636. The summed E-state index contributed by atoms with van der Waals surface area (Å²) in [6.07, 6.45) is 0. The van der Waals surface area contributed by atoms with Crippen LogP contribution in [0.2, 0.25) is 5.02 Å². The van der Waals surface area contributed by atoms with Gasteiger partial charge in [0.15, 0.2) is 0 Å². The van der Waals surface area contributed by atoms with Crippen molar-refractivity contribution in [2.75, 3.05) is 26.1 Å². The normalized spacial score (nSPS) is 10.5. The SMILES string of the molecule is CCOc1ccc2ccccc2c1C(=O)Nc1cc(Cl)c(OC)cc1OC. The second kappa shape index (κ2) is 8.18. The number of rotatable bonds is 6. The van der Waals surface area contributed by atoms with Gasteiger partial charge in [0, 0.05) is 6.07 Å². The minimum atomic E-state index is -0.310. The van der Waals surface area contributed by atoms with Crippen LogP contribution < -0.4 is 19.5 Å². The van der Waals surface area contributed by atoms with Crippen LogP contribution in [0.25, 0.3) is 10.8 Å². The highest BCUT2D eigenvalue weighted by atomic mass is 35.5. The molecule has 0 heterocycles. The smallest absolute Gasteiger partial charge is 0.260 e. The average Bonchev–Trinajstić information content (AvgIpc) is 2.68. The molecule has 1 amide bonds. The van der Waals surface area contributed by atoms with Crippen molar-refractivity contribution >= 4 is 34.0 Å². The van der Waals surface area contributed by atoms with E-state index in [1.807, 2.05) is 37.3 Å². The summed E-state index contributed by atoms with van der Waals surface area (Å²) >= 11 is 6.21. The van der Waals surface area contributed by atoms with Crippen LogP contribution in [-0.2, 0) is 0 Å². The van der Waals surface area contributed by atoms with E-state index in [9.17, 15) is 4.79 Å². The lowest BCUT2D eigenvalue weighted by molar-refractivity contribution is 0.102. The van der Waals surface area contributed by atoms with E-state index in [1.54, 1.807) is 18.2 Å². The van der Waals surface area contributed by atoms with Gasteiger partial charge in [0.05, 0.1) is 37.1 Å². The fourth-order valence-corrected chi connectivity index (χ4v) is 3.14. The van der Waals surface area contributed by atoms with E-state index in [4.69, 9.17) is 25.8 Å². The van der Waals surface area contributed by atoms with Gasteiger partial charge in [0.1, 0.15) is 17.2 Å². The number of fused-ring (bicyclic) bond motifs is 1. The number of anilines is 1. The molecular formula is C21H20ClNO4. The summed E-state index contributed by atoms with van der Waals surface area (Å²) in [6, 6.07) is 14.6. The van der Waals surface area contributed by atoms with Crippen LogP contribution >= 0.6 is 11.6 Å². The molecule has 3 rings (SSSR count). The highest BCUT2D eigenvalue weighted by Gasteiger charge is 2.19. The lowest BCUT2D eigenvalue weighted by Crippen LogP contribution is -2.15. The van der Waals surface area contributed by atoms with Gasteiger partial charge in [-0.3, -0.25) is 4.79 Å². The Morgan fingerprint density at radius 1 is 1.00 bits per heavy atom. The molecule has 6 heteroatoms. The third-order valence-electron chi connectivity index (χ3n) is 4.14. The van der Waals surface area contributed by atoms with Gasteiger partial charge in [0.25, 0.3) is 5.91 Å². The molecule has 0 saturated carbocycles. The monoisotopic (exact) mass is 385 g/mol. The zero-order valence-electron chi connectivity index (χ0n) is 15.3. The summed E-state index contributed by atoms with van der Waals surface area (Å²) in [7, 11) is 3.03. The molecule has 27 heavy (non-hydrogen) atoms. The standard InChI is InChI=1S/C21H20ClNO4/c1-4-27-17-10-9-13-7-5-6-8-14(13)20(17)21(24)23-16-11-15(22)18(25-2)12-19(16)26-3/h5-12H,4H2,1-3H3,(H,23,24). The van der Waals surface area contributed by atoms with Gasteiger partial charge in [0.2, 0.25) is 0 Å². The summed E-state index contributed by atoms with van der Waals surface area (Å²) in [5.74, 6) is 1.12. The maximum absolute atomic E-state index is 13.1. The molecular weight excluding hydrogens is 366 g/mol. The molecule has 0 fully saturated rings. The number of ether oxygens (including phenoxy) is 3. The number of methoxy groups -OCH3 is 2. The van der Waals surface area contributed by atoms with Crippen molar-refractivity contribution in [1.82, 2.24) is 0 Å². The van der Waals surface area contributed by atoms with E-state index in [1.165, 1.54) is 14.2 Å². The molecule has 0 atom stereocenters. The van der Waals surface area contributed by atoms with Gasteiger partial charge in [-0.25, -0.2) is 0 Å². The molecule has 5 nitrogen and oxygen atoms in total. The van der Waals surface area contributed by atoms with Crippen molar-refractivity contribution in [2.24, 2.45) is 0 Å². The fourth-order valence-electron chi connectivity index (χ4n) is 2.90. The Morgan fingerprint density at radius 2 is 1.74 bits per heavy atom. The van der Waals surface area contributed by atoms with E-state index >= 15 is 0 Å². The van der Waals surface area contributed by atoms with Crippen LogP contribution in [0.1, 0.15) is 17.3 Å². The summed E-state index contributed by atoms with van der Waals surface area (Å²) in [4.78, 5) is 13.1. The van der Waals surface area contributed by atoms with Gasteiger partial charge < -0.3 is 19.5 Å². The molecule has 0 spiro atoms. The number of hydrogen-bond acceptors (Lipinski definition) is 4. The summed E-state index contributed by atoms with van der Waals surface area (Å²) < 4.78 is 16.2.